The van der Waals surface area contributed by atoms with Crippen LogP contribution < -0.4 is 4.90 Å². The van der Waals surface area contributed by atoms with E-state index < -0.39 is 0 Å². The molecule has 0 aromatic carbocycles. The van der Waals surface area contributed by atoms with Crippen LogP contribution in [-0.4, -0.2) is 64.4 Å². The molecule has 1 aliphatic heterocycles. The van der Waals surface area contributed by atoms with Gasteiger partial charge in [0.1, 0.15) is 5.82 Å². The van der Waals surface area contributed by atoms with Crippen molar-refractivity contribution in [2.24, 2.45) is 5.92 Å². The molecular weight excluding hydrogens is 302 g/mol. The normalized spacial score (nSPS) is 16.9. The van der Waals surface area contributed by atoms with Crippen LogP contribution in [0.1, 0.15) is 29.8 Å². The third-order valence-electron chi connectivity index (χ3n) is 5.21. The molecule has 3 heterocycles. The van der Waals surface area contributed by atoms with E-state index in [1.165, 1.54) is 12.8 Å². The minimum Gasteiger partial charge on any atom is -0.395 e. The molecule has 0 unspecified atom stereocenters. The van der Waals surface area contributed by atoms with Crippen molar-refractivity contribution in [3.63, 3.8) is 0 Å². The van der Waals surface area contributed by atoms with Crippen molar-refractivity contribution in [2.75, 3.05) is 44.7 Å². The van der Waals surface area contributed by atoms with Crippen molar-refractivity contribution in [3.8, 4) is 0 Å². The van der Waals surface area contributed by atoms with Crippen LogP contribution in [0.15, 0.2) is 6.07 Å². The molecule has 1 fully saturated rings. The van der Waals surface area contributed by atoms with Crippen LogP contribution in [0.2, 0.25) is 0 Å². The second kappa shape index (κ2) is 7.07. The molecule has 6 heteroatoms. The zero-order valence-corrected chi connectivity index (χ0v) is 15.3. The van der Waals surface area contributed by atoms with Crippen molar-refractivity contribution in [1.29, 1.82) is 0 Å². The highest BCUT2D eigenvalue weighted by Crippen LogP contribution is 2.24. The average Bonchev–Trinajstić information content (AvgIpc) is 2.84. The van der Waals surface area contributed by atoms with Crippen LogP contribution in [0, 0.1) is 26.7 Å². The number of anilines is 1. The standard InChI is InChI=1S/C18H29N5O/c1-13-11-17(23-18(19-13)14(2)15(3)20-23)21(4)12-16-5-7-22(8-6-16)9-10-24/h11,16,24H,5-10,12H2,1-4H3. The van der Waals surface area contributed by atoms with E-state index in [4.69, 9.17) is 5.11 Å². The summed E-state index contributed by atoms with van der Waals surface area (Å²) in [5.41, 5.74) is 4.20. The fourth-order valence-corrected chi connectivity index (χ4v) is 3.62. The van der Waals surface area contributed by atoms with Gasteiger partial charge in [-0.3, -0.25) is 0 Å². The summed E-state index contributed by atoms with van der Waals surface area (Å²) in [4.78, 5) is 9.33. The number of β-amino-alcohol motifs (C(OH)–C–C–N with tert-alkyl or cyclic N) is 1. The number of fused-ring (bicyclic) bond motifs is 1. The second-order valence-corrected chi connectivity index (χ2v) is 7.09. The van der Waals surface area contributed by atoms with Gasteiger partial charge >= 0.3 is 0 Å². The number of hydrogen-bond donors (Lipinski definition) is 1. The number of hydrogen-bond acceptors (Lipinski definition) is 5. The summed E-state index contributed by atoms with van der Waals surface area (Å²) in [5.74, 6) is 1.80. The maximum atomic E-state index is 9.06. The lowest BCUT2D eigenvalue weighted by Crippen LogP contribution is -2.39. The Hall–Kier alpha value is -1.66. The van der Waals surface area contributed by atoms with E-state index in [2.05, 4.69) is 39.9 Å². The molecule has 3 rings (SSSR count). The summed E-state index contributed by atoms with van der Waals surface area (Å²) >= 11 is 0. The topological polar surface area (TPSA) is 56.9 Å². The first-order valence-electron chi connectivity index (χ1n) is 8.87. The number of aliphatic hydroxyl groups is 1. The fraction of sp³-hybridized carbons (Fsp3) is 0.667. The van der Waals surface area contributed by atoms with E-state index in [1.54, 1.807) is 0 Å². The van der Waals surface area contributed by atoms with Crippen LogP contribution in [-0.2, 0) is 0 Å². The summed E-state index contributed by atoms with van der Waals surface area (Å²) in [7, 11) is 2.15. The predicted octanol–water partition coefficient (Wildman–Crippen LogP) is 1.80. The lowest BCUT2D eigenvalue weighted by molar-refractivity contribution is 0.149. The van der Waals surface area contributed by atoms with Crippen LogP contribution in [0.5, 0.6) is 0 Å². The third kappa shape index (κ3) is 3.39. The number of nitrogens with zero attached hydrogens (tertiary/aromatic N) is 5. The molecule has 0 radical (unpaired) electrons. The van der Waals surface area contributed by atoms with Gasteiger partial charge in [-0.25, -0.2) is 4.98 Å². The Morgan fingerprint density at radius 1 is 1.25 bits per heavy atom. The zero-order valence-electron chi connectivity index (χ0n) is 15.3. The summed E-state index contributed by atoms with van der Waals surface area (Å²) < 4.78 is 1.98. The monoisotopic (exact) mass is 331 g/mol. The molecular formula is C18H29N5O. The van der Waals surface area contributed by atoms with Gasteiger partial charge in [-0.05, 0) is 52.6 Å². The summed E-state index contributed by atoms with van der Waals surface area (Å²) in [6.45, 7) is 10.4. The van der Waals surface area contributed by atoms with Gasteiger partial charge in [0, 0.05) is 37.5 Å². The molecule has 1 aliphatic rings. The van der Waals surface area contributed by atoms with E-state index in [1.807, 2.05) is 18.4 Å². The average molecular weight is 331 g/mol. The molecule has 0 amide bonds. The highest BCUT2D eigenvalue weighted by Gasteiger charge is 2.21. The van der Waals surface area contributed by atoms with Gasteiger partial charge in [0.25, 0.3) is 0 Å². The molecule has 0 spiro atoms. The van der Waals surface area contributed by atoms with E-state index in [-0.39, 0.29) is 6.61 Å². The minimum atomic E-state index is 0.261. The van der Waals surface area contributed by atoms with Gasteiger partial charge in [-0.2, -0.15) is 9.61 Å². The third-order valence-corrected chi connectivity index (χ3v) is 5.21. The number of rotatable bonds is 5. The molecule has 2 aromatic rings. The molecule has 6 nitrogen and oxygen atoms in total. The van der Waals surface area contributed by atoms with Crippen molar-refractivity contribution in [3.05, 3.63) is 23.0 Å². The van der Waals surface area contributed by atoms with Gasteiger partial charge in [-0.15, -0.1) is 0 Å². The lowest BCUT2D eigenvalue weighted by atomic mass is 9.96. The Bertz CT molecular complexity index is 703. The Labute approximate surface area is 144 Å². The second-order valence-electron chi connectivity index (χ2n) is 7.09. The van der Waals surface area contributed by atoms with Gasteiger partial charge in [0.05, 0.1) is 12.3 Å². The largest absolute Gasteiger partial charge is 0.395 e. The van der Waals surface area contributed by atoms with Crippen LogP contribution >= 0.6 is 0 Å². The fourth-order valence-electron chi connectivity index (χ4n) is 3.62. The molecule has 132 valence electrons. The maximum absolute atomic E-state index is 9.06. The molecule has 24 heavy (non-hydrogen) atoms. The highest BCUT2D eigenvalue weighted by molar-refractivity contribution is 5.56. The number of aryl methyl sites for hydroxylation is 3. The van der Waals surface area contributed by atoms with Crippen molar-refractivity contribution < 1.29 is 5.11 Å². The van der Waals surface area contributed by atoms with Gasteiger partial charge in [-0.1, -0.05) is 0 Å². The van der Waals surface area contributed by atoms with E-state index in [9.17, 15) is 0 Å². The van der Waals surface area contributed by atoms with E-state index in [0.29, 0.717) is 5.92 Å². The molecule has 0 aliphatic carbocycles. The molecule has 1 N–H and O–H groups in total. The summed E-state index contributed by atoms with van der Waals surface area (Å²) in [6, 6.07) is 2.12. The molecule has 2 aromatic heterocycles. The van der Waals surface area contributed by atoms with Gasteiger partial charge in [0.15, 0.2) is 5.65 Å². The molecule has 0 atom stereocenters. The first-order valence-corrected chi connectivity index (χ1v) is 8.87. The molecule has 1 saturated heterocycles. The Kier molecular flexibility index (Phi) is 5.06. The smallest absolute Gasteiger partial charge is 0.160 e. The number of aliphatic hydroxyl groups excluding tert-OH is 1. The number of aromatic nitrogens is 3. The predicted molar refractivity (Wildman–Crippen MR) is 96.7 cm³/mol. The number of likely N-dealkylation sites (tertiary alicyclic amines) is 1. The van der Waals surface area contributed by atoms with Crippen LogP contribution in [0.3, 0.4) is 0 Å². The Morgan fingerprint density at radius 3 is 2.62 bits per heavy atom. The highest BCUT2D eigenvalue weighted by atomic mass is 16.3. The first-order chi connectivity index (χ1) is 11.5. The van der Waals surface area contributed by atoms with Crippen LogP contribution in [0.25, 0.3) is 5.65 Å². The van der Waals surface area contributed by atoms with Crippen molar-refractivity contribution in [2.45, 2.75) is 33.6 Å². The summed E-state index contributed by atoms with van der Waals surface area (Å²) in [6.07, 6.45) is 2.38. The quantitative estimate of drug-likeness (QED) is 0.905. The Balaban J connectivity index is 1.75. The maximum Gasteiger partial charge on any atom is 0.160 e. The molecule has 0 bridgehead atoms. The number of piperidine rings is 1. The van der Waals surface area contributed by atoms with Crippen molar-refractivity contribution >= 4 is 11.5 Å². The minimum absolute atomic E-state index is 0.261. The summed E-state index contributed by atoms with van der Waals surface area (Å²) in [5, 5.41) is 13.7. The first kappa shape index (κ1) is 17.2. The SMILES string of the molecule is Cc1cc(N(C)CC2CCN(CCO)CC2)n2nc(C)c(C)c2n1. The van der Waals surface area contributed by atoms with Crippen molar-refractivity contribution in [1.82, 2.24) is 19.5 Å². The Morgan fingerprint density at radius 2 is 1.96 bits per heavy atom. The van der Waals surface area contributed by atoms with Gasteiger partial charge < -0.3 is 14.9 Å². The lowest BCUT2D eigenvalue weighted by Gasteiger charge is -2.34. The van der Waals surface area contributed by atoms with E-state index >= 15 is 0 Å². The zero-order chi connectivity index (χ0) is 17.3. The van der Waals surface area contributed by atoms with Gasteiger partial charge in [0.2, 0.25) is 0 Å². The van der Waals surface area contributed by atoms with E-state index in [0.717, 1.165) is 54.6 Å². The van der Waals surface area contributed by atoms with Crippen LogP contribution in [0.4, 0.5) is 5.82 Å². The molecule has 0 saturated carbocycles.